The van der Waals surface area contributed by atoms with E-state index in [0.29, 0.717) is 5.82 Å². The number of hydrogen-bond acceptors (Lipinski definition) is 4. The maximum atomic E-state index is 12.8. The van der Waals surface area contributed by atoms with Crippen LogP contribution in [0.15, 0.2) is 5.38 Å². The van der Waals surface area contributed by atoms with E-state index < -0.39 is 0 Å². The Balaban J connectivity index is 2.07. The minimum atomic E-state index is -0.0764. The SMILES string of the molecule is CCc1csc(C)c1C(=O)n1nc2c(c1N)CCCC2. The fourth-order valence-corrected chi connectivity index (χ4v) is 3.83. The van der Waals surface area contributed by atoms with Gasteiger partial charge in [0.1, 0.15) is 5.82 Å². The van der Waals surface area contributed by atoms with Crippen LogP contribution < -0.4 is 5.73 Å². The highest BCUT2D eigenvalue weighted by Gasteiger charge is 2.25. The van der Waals surface area contributed by atoms with Crippen LogP contribution in [0.4, 0.5) is 5.82 Å². The zero-order valence-corrected chi connectivity index (χ0v) is 12.7. The predicted molar refractivity (Wildman–Crippen MR) is 81.4 cm³/mol. The number of nitrogen functional groups attached to an aromatic ring is 1. The van der Waals surface area contributed by atoms with Gasteiger partial charge in [-0.25, -0.2) is 0 Å². The topological polar surface area (TPSA) is 60.9 Å². The number of nitrogens with two attached hydrogens (primary N) is 1. The normalized spacial score (nSPS) is 14.3. The van der Waals surface area contributed by atoms with Crippen molar-refractivity contribution in [3.63, 3.8) is 0 Å². The number of hydrogen-bond donors (Lipinski definition) is 1. The molecule has 0 radical (unpaired) electrons. The van der Waals surface area contributed by atoms with E-state index in [4.69, 9.17) is 5.73 Å². The number of fused-ring (bicyclic) bond motifs is 1. The highest BCUT2D eigenvalue weighted by molar-refractivity contribution is 7.10. The van der Waals surface area contributed by atoms with Crippen LogP contribution in [0.3, 0.4) is 0 Å². The van der Waals surface area contributed by atoms with E-state index in [-0.39, 0.29) is 5.91 Å². The summed E-state index contributed by atoms with van der Waals surface area (Å²) in [6, 6.07) is 0. The monoisotopic (exact) mass is 289 g/mol. The third-order valence-corrected chi connectivity index (χ3v) is 5.00. The molecule has 0 unspecified atom stereocenters. The van der Waals surface area contributed by atoms with Gasteiger partial charge in [-0.3, -0.25) is 4.79 Å². The summed E-state index contributed by atoms with van der Waals surface area (Å²) in [6.07, 6.45) is 5.00. The molecule has 3 rings (SSSR count). The van der Waals surface area contributed by atoms with Crippen LogP contribution in [-0.2, 0) is 19.3 Å². The summed E-state index contributed by atoms with van der Waals surface area (Å²) in [7, 11) is 0. The van der Waals surface area contributed by atoms with E-state index in [1.807, 2.05) is 6.92 Å². The number of nitrogens with zero attached hydrogens (tertiary/aromatic N) is 2. The van der Waals surface area contributed by atoms with Gasteiger partial charge < -0.3 is 5.73 Å². The standard InChI is InChI=1S/C15H19N3OS/c1-3-10-8-20-9(2)13(10)15(19)18-14(16)11-6-4-5-7-12(11)17-18/h8H,3-7,16H2,1-2H3. The lowest BCUT2D eigenvalue weighted by atomic mass is 9.98. The molecule has 2 heterocycles. The Hall–Kier alpha value is -1.62. The zero-order chi connectivity index (χ0) is 14.3. The number of aromatic nitrogens is 2. The van der Waals surface area contributed by atoms with Crippen molar-refractivity contribution >= 4 is 23.1 Å². The lowest BCUT2D eigenvalue weighted by molar-refractivity contribution is 0.0946. The van der Waals surface area contributed by atoms with E-state index in [1.54, 1.807) is 11.3 Å². The molecule has 0 saturated heterocycles. The van der Waals surface area contributed by atoms with Gasteiger partial charge in [0.2, 0.25) is 0 Å². The molecule has 5 heteroatoms. The Morgan fingerprint density at radius 2 is 2.20 bits per heavy atom. The molecule has 4 nitrogen and oxygen atoms in total. The van der Waals surface area contributed by atoms with Crippen LogP contribution in [0.5, 0.6) is 0 Å². The van der Waals surface area contributed by atoms with Crippen LogP contribution in [0.2, 0.25) is 0 Å². The molecule has 0 amide bonds. The number of thiophene rings is 1. The Bertz CT molecular complexity index is 669. The highest BCUT2D eigenvalue weighted by atomic mass is 32.1. The van der Waals surface area contributed by atoms with E-state index in [9.17, 15) is 4.79 Å². The zero-order valence-electron chi connectivity index (χ0n) is 11.9. The maximum Gasteiger partial charge on any atom is 0.281 e. The molecule has 20 heavy (non-hydrogen) atoms. The number of carbonyl (C=O) groups excluding carboxylic acids is 1. The van der Waals surface area contributed by atoms with Gasteiger partial charge in [-0.05, 0) is 50.0 Å². The molecule has 2 N–H and O–H groups in total. The van der Waals surface area contributed by atoms with Crippen molar-refractivity contribution in [3.8, 4) is 0 Å². The Kier molecular flexibility index (Phi) is 3.38. The summed E-state index contributed by atoms with van der Waals surface area (Å²) < 4.78 is 1.42. The average Bonchev–Trinajstić information content (AvgIpc) is 2.99. The fraction of sp³-hybridized carbons (Fsp3) is 0.467. The van der Waals surface area contributed by atoms with Gasteiger partial charge in [-0.1, -0.05) is 6.92 Å². The van der Waals surface area contributed by atoms with Crippen LogP contribution in [0.25, 0.3) is 0 Å². The molecule has 1 aliphatic carbocycles. The van der Waals surface area contributed by atoms with Crippen molar-refractivity contribution in [2.75, 3.05) is 5.73 Å². The third kappa shape index (κ3) is 1.97. The fourth-order valence-electron chi connectivity index (χ4n) is 2.89. The molecular weight excluding hydrogens is 270 g/mol. The summed E-state index contributed by atoms with van der Waals surface area (Å²) in [5.74, 6) is 0.463. The third-order valence-electron chi connectivity index (χ3n) is 4.04. The summed E-state index contributed by atoms with van der Waals surface area (Å²) in [6.45, 7) is 4.05. The molecule has 2 aromatic heterocycles. The average molecular weight is 289 g/mol. The van der Waals surface area contributed by atoms with Crippen LogP contribution in [-0.4, -0.2) is 15.7 Å². The summed E-state index contributed by atoms with van der Waals surface area (Å²) >= 11 is 1.62. The quantitative estimate of drug-likeness (QED) is 0.924. The van der Waals surface area contributed by atoms with Crippen LogP contribution in [0.1, 0.15) is 51.8 Å². The van der Waals surface area contributed by atoms with Crippen molar-refractivity contribution in [2.45, 2.75) is 46.0 Å². The van der Waals surface area contributed by atoms with Crippen molar-refractivity contribution < 1.29 is 4.79 Å². The summed E-state index contributed by atoms with van der Waals surface area (Å²) in [5, 5.41) is 6.53. The maximum absolute atomic E-state index is 12.8. The Morgan fingerprint density at radius 1 is 1.45 bits per heavy atom. The second-order valence-corrected chi connectivity index (χ2v) is 6.36. The first kappa shape index (κ1) is 13.4. The molecular formula is C15H19N3OS. The number of carbonyl (C=O) groups is 1. The summed E-state index contributed by atoms with van der Waals surface area (Å²) in [4.78, 5) is 13.8. The minimum Gasteiger partial charge on any atom is -0.383 e. The molecule has 1 aliphatic rings. The van der Waals surface area contributed by atoms with Crippen molar-refractivity contribution in [2.24, 2.45) is 0 Å². The number of anilines is 1. The van der Waals surface area contributed by atoms with E-state index in [2.05, 4.69) is 17.4 Å². The molecule has 0 fully saturated rings. The van der Waals surface area contributed by atoms with Gasteiger partial charge in [0, 0.05) is 10.4 Å². The largest absolute Gasteiger partial charge is 0.383 e. The van der Waals surface area contributed by atoms with Crippen molar-refractivity contribution in [1.29, 1.82) is 0 Å². The molecule has 0 saturated carbocycles. The summed E-state index contributed by atoms with van der Waals surface area (Å²) in [5.41, 5.74) is 10.1. The lowest BCUT2D eigenvalue weighted by Gasteiger charge is -2.08. The molecule has 0 atom stereocenters. The second-order valence-electron chi connectivity index (χ2n) is 5.28. The van der Waals surface area contributed by atoms with Gasteiger partial charge >= 0.3 is 0 Å². The first-order valence-electron chi connectivity index (χ1n) is 7.11. The van der Waals surface area contributed by atoms with Gasteiger partial charge in [0.25, 0.3) is 5.91 Å². The molecule has 0 bridgehead atoms. The molecule has 0 spiro atoms. The predicted octanol–water partition coefficient (Wildman–Crippen LogP) is 2.96. The van der Waals surface area contributed by atoms with Gasteiger partial charge in [-0.15, -0.1) is 11.3 Å². The number of aryl methyl sites for hydroxylation is 3. The molecule has 106 valence electrons. The van der Waals surface area contributed by atoms with Crippen molar-refractivity contribution in [3.05, 3.63) is 32.6 Å². The first-order chi connectivity index (χ1) is 9.63. The van der Waals surface area contributed by atoms with E-state index in [1.165, 1.54) is 4.68 Å². The number of rotatable bonds is 2. The Labute approximate surface area is 122 Å². The molecule has 0 aromatic carbocycles. The van der Waals surface area contributed by atoms with Gasteiger partial charge in [-0.2, -0.15) is 9.78 Å². The minimum absolute atomic E-state index is 0.0764. The molecule has 2 aromatic rings. The van der Waals surface area contributed by atoms with Crippen LogP contribution in [0, 0.1) is 6.92 Å². The van der Waals surface area contributed by atoms with Crippen LogP contribution >= 0.6 is 11.3 Å². The second kappa shape index (κ2) is 5.05. The smallest absolute Gasteiger partial charge is 0.281 e. The Morgan fingerprint density at radius 3 is 2.90 bits per heavy atom. The van der Waals surface area contributed by atoms with Gasteiger partial charge in [0.15, 0.2) is 0 Å². The highest BCUT2D eigenvalue weighted by Crippen LogP contribution is 2.28. The first-order valence-corrected chi connectivity index (χ1v) is 7.99. The van der Waals surface area contributed by atoms with E-state index >= 15 is 0 Å². The van der Waals surface area contributed by atoms with E-state index in [0.717, 1.165) is 59.4 Å². The lowest BCUT2D eigenvalue weighted by Crippen LogP contribution is -2.18. The van der Waals surface area contributed by atoms with Crippen molar-refractivity contribution in [1.82, 2.24) is 9.78 Å². The van der Waals surface area contributed by atoms with Gasteiger partial charge in [0.05, 0.1) is 11.3 Å². The molecule has 0 aliphatic heterocycles.